The van der Waals surface area contributed by atoms with Gasteiger partial charge in [0.25, 0.3) is 5.91 Å². The van der Waals surface area contributed by atoms with Crippen molar-refractivity contribution in [2.45, 2.75) is 19.7 Å². The van der Waals surface area contributed by atoms with E-state index in [1.165, 1.54) is 26.3 Å². The van der Waals surface area contributed by atoms with E-state index in [1.807, 2.05) is 0 Å². The first-order chi connectivity index (χ1) is 15.7. The molecule has 1 amide bonds. The largest absolute Gasteiger partial charge is 0.484 e. The average Bonchev–Trinajstić information content (AvgIpc) is 2.80. The number of ether oxygens (including phenoxy) is 1. The monoisotopic (exact) mass is 461 g/mol. The molecule has 0 saturated heterocycles. The number of amides is 1. The van der Waals surface area contributed by atoms with E-state index in [4.69, 9.17) is 9.68 Å². The van der Waals surface area contributed by atoms with Crippen LogP contribution in [-0.4, -0.2) is 44.3 Å². The van der Waals surface area contributed by atoms with Crippen LogP contribution in [0, 0.1) is 11.8 Å². The predicted molar refractivity (Wildman–Crippen MR) is 117 cm³/mol. The Hall–Kier alpha value is -4.00. The molecule has 10 heteroatoms. The average molecular weight is 461 g/mol. The number of nitrogens with one attached hydrogen (secondary N) is 1. The van der Waals surface area contributed by atoms with Crippen LogP contribution in [0.4, 0.5) is 13.2 Å². The Labute approximate surface area is 189 Å². The van der Waals surface area contributed by atoms with Crippen molar-refractivity contribution in [2.75, 3.05) is 20.8 Å². The van der Waals surface area contributed by atoms with Crippen molar-refractivity contribution in [3.8, 4) is 17.6 Å². The van der Waals surface area contributed by atoms with Crippen molar-refractivity contribution in [1.82, 2.24) is 5.32 Å². The Morgan fingerprint density at radius 2 is 1.79 bits per heavy atom. The molecular weight excluding hydrogens is 439 g/mol. The number of halogens is 3. The van der Waals surface area contributed by atoms with Gasteiger partial charge in [0.1, 0.15) is 25.2 Å². The van der Waals surface area contributed by atoms with E-state index in [0.717, 1.165) is 0 Å². The van der Waals surface area contributed by atoms with Crippen LogP contribution < -0.4 is 10.1 Å². The first-order valence-corrected chi connectivity index (χ1v) is 9.63. The molecule has 0 aliphatic heterocycles. The minimum atomic E-state index is -4.40. The standard InChI is InChI=1S/C23H22F3N3O4/c1-16(8-9-17-10-12-19(13-11-17)32-15-23(24,25)26)28-33-14-18-6-4-5-7-20(18)21(29-31-3)22(30)27-2/h4-7,10-13H,14-15H2,1-3H3,(H,27,30)/b28-16+,29-21+. The molecule has 0 bridgehead atoms. The molecule has 2 aromatic carbocycles. The van der Waals surface area contributed by atoms with E-state index in [9.17, 15) is 18.0 Å². The van der Waals surface area contributed by atoms with Gasteiger partial charge in [0.05, 0.1) is 0 Å². The zero-order valence-corrected chi connectivity index (χ0v) is 18.2. The maximum Gasteiger partial charge on any atom is 0.422 e. The molecule has 1 N–H and O–H groups in total. The highest BCUT2D eigenvalue weighted by atomic mass is 19.4. The van der Waals surface area contributed by atoms with Gasteiger partial charge in [-0.2, -0.15) is 13.2 Å². The molecule has 0 aliphatic carbocycles. The zero-order chi connectivity index (χ0) is 24.3. The van der Waals surface area contributed by atoms with E-state index in [-0.39, 0.29) is 18.1 Å². The molecule has 7 nitrogen and oxygen atoms in total. The molecule has 0 unspecified atom stereocenters. The van der Waals surface area contributed by atoms with E-state index < -0.39 is 18.7 Å². The number of hydrogen-bond donors (Lipinski definition) is 1. The summed E-state index contributed by atoms with van der Waals surface area (Å²) in [6.45, 7) is 0.342. The quantitative estimate of drug-likeness (QED) is 0.370. The molecule has 0 heterocycles. The molecule has 0 aliphatic rings. The van der Waals surface area contributed by atoms with Crippen molar-refractivity contribution in [2.24, 2.45) is 10.3 Å². The lowest BCUT2D eigenvalue weighted by molar-refractivity contribution is -0.153. The van der Waals surface area contributed by atoms with Crippen molar-refractivity contribution in [3.05, 3.63) is 65.2 Å². The summed E-state index contributed by atoms with van der Waals surface area (Å²) in [4.78, 5) is 22.2. The van der Waals surface area contributed by atoms with Crippen LogP contribution in [0.5, 0.6) is 5.75 Å². The highest BCUT2D eigenvalue weighted by Crippen LogP contribution is 2.18. The van der Waals surface area contributed by atoms with Gasteiger partial charge in [0.2, 0.25) is 0 Å². The van der Waals surface area contributed by atoms with Gasteiger partial charge >= 0.3 is 6.18 Å². The molecule has 0 radical (unpaired) electrons. The predicted octanol–water partition coefficient (Wildman–Crippen LogP) is 3.67. The Morgan fingerprint density at radius 1 is 1.09 bits per heavy atom. The molecule has 0 atom stereocenters. The number of rotatable bonds is 8. The number of hydrogen-bond acceptors (Lipinski definition) is 6. The normalized spacial score (nSPS) is 11.8. The maximum atomic E-state index is 12.2. The molecule has 2 aromatic rings. The first kappa shape index (κ1) is 25.3. The Bertz CT molecular complexity index is 1070. The lowest BCUT2D eigenvalue weighted by Crippen LogP contribution is -2.29. The van der Waals surface area contributed by atoms with Gasteiger partial charge in [-0.1, -0.05) is 40.5 Å². The van der Waals surface area contributed by atoms with Gasteiger partial charge in [0, 0.05) is 23.7 Å². The van der Waals surface area contributed by atoms with Crippen molar-refractivity contribution in [1.29, 1.82) is 0 Å². The summed E-state index contributed by atoms with van der Waals surface area (Å²) in [5, 5.41) is 10.2. The lowest BCUT2D eigenvalue weighted by atomic mass is 10.0. The third-order valence-corrected chi connectivity index (χ3v) is 3.96. The summed E-state index contributed by atoms with van der Waals surface area (Å²) >= 11 is 0. The third-order valence-electron chi connectivity index (χ3n) is 3.96. The maximum absolute atomic E-state index is 12.2. The third kappa shape index (κ3) is 8.57. The van der Waals surface area contributed by atoms with E-state index in [0.29, 0.717) is 22.4 Å². The number of benzene rings is 2. The molecule has 2 rings (SSSR count). The zero-order valence-electron chi connectivity index (χ0n) is 18.2. The summed E-state index contributed by atoms with van der Waals surface area (Å²) in [6, 6.07) is 12.9. The fourth-order valence-corrected chi connectivity index (χ4v) is 2.48. The summed E-state index contributed by atoms with van der Waals surface area (Å²) in [5.74, 6) is 5.31. The lowest BCUT2D eigenvalue weighted by Gasteiger charge is -2.09. The van der Waals surface area contributed by atoms with Crippen LogP contribution in [0.15, 0.2) is 58.8 Å². The van der Waals surface area contributed by atoms with Gasteiger partial charge in [-0.15, -0.1) is 0 Å². The second-order valence-corrected chi connectivity index (χ2v) is 6.49. The topological polar surface area (TPSA) is 81.5 Å². The number of carbonyl (C=O) groups is 1. The van der Waals surface area contributed by atoms with Crippen molar-refractivity contribution >= 4 is 17.3 Å². The minimum absolute atomic E-state index is 0.0557. The molecule has 0 spiro atoms. The second kappa shape index (κ2) is 12.1. The van der Waals surface area contributed by atoms with E-state index in [1.54, 1.807) is 43.3 Å². The summed E-state index contributed by atoms with van der Waals surface area (Å²) in [7, 11) is 2.83. The fourth-order valence-electron chi connectivity index (χ4n) is 2.48. The molecule has 33 heavy (non-hydrogen) atoms. The van der Waals surface area contributed by atoms with Crippen LogP contribution in [0.2, 0.25) is 0 Å². The van der Waals surface area contributed by atoms with Gasteiger partial charge < -0.3 is 19.7 Å². The van der Waals surface area contributed by atoms with Crippen LogP contribution in [0.25, 0.3) is 0 Å². The summed E-state index contributed by atoms with van der Waals surface area (Å²) < 4.78 is 41.2. The Kier molecular flexibility index (Phi) is 9.30. The van der Waals surface area contributed by atoms with Crippen LogP contribution >= 0.6 is 0 Å². The summed E-state index contributed by atoms with van der Waals surface area (Å²) in [6.07, 6.45) is -4.40. The van der Waals surface area contributed by atoms with Gasteiger partial charge in [-0.3, -0.25) is 4.79 Å². The van der Waals surface area contributed by atoms with Crippen molar-refractivity contribution in [3.63, 3.8) is 0 Å². The minimum Gasteiger partial charge on any atom is -0.484 e. The smallest absolute Gasteiger partial charge is 0.422 e. The van der Waals surface area contributed by atoms with Crippen LogP contribution in [0.1, 0.15) is 23.6 Å². The molecule has 174 valence electrons. The SMILES string of the molecule is CNC(=O)/C(=N/OC)c1ccccc1CO/N=C(\C)C#Cc1ccc(OCC(F)(F)F)cc1. The number of nitrogens with zero attached hydrogens (tertiary/aromatic N) is 2. The number of carbonyl (C=O) groups excluding carboxylic acids is 1. The van der Waals surface area contributed by atoms with Crippen LogP contribution in [0.3, 0.4) is 0 Å². The van der Waals surface area contributed by atoms with Gasteiger partial charge in [-0.25, -0.2) is 0 Å². The van der Waals surface area contributed by atoms with Gasteiger partial charge in [0.15, 0.2) is 12.3 Å². The molecule has 0 aromatic heterocycles. The first-order valence-electron chi connectivity index (χ1n) is 9.63. The summed E-state index contributed by atoms with van der Waals surface area (Å²) in [5.41, 5.74) is 2.24. The highest BCUT2D eigenvalue weighted by Gasteiger charge is 2.28. The molecular formula is C23H22F3N3O4. The number of oxime groups is 2. The highest BCUT2D eigenvalue weighted by molar-refractivity contribution is 6.45. The Morgan fingerprint density at radius 3 is 2.42 bits per heavy atom. The molecule has 0 saturated carbocycles. The number of likely N-dealkylation sites (N-methyl/N-ethyl adjacent to an activating group) is 1. The molecule has 0 fully saturated rings. The number of alkyl halides is 3. The second-order valence-electron chi connectivity index (χ2n) is 6.49. The van der Waals surface area contributed by atoms with E-state index in [2.05, 4.69) is 32.2 Å². The van der Waals surface area contributed by atoms with Crippen LogP contribution in [-0.2, 0) is 21.1 Å². The van der Waals surface area contributed by atoms with Gasteiger partial charge in [-0.05, 0) is 37.1 Å². The van der Waals surface area contributed by atoms with E-state index >= 15 is 0 Å². The van der Waals surface area contributed by atoms with Crippen molar-refractivity contribution < 1.29 is 32.4 Å². The fraction of sp³-hybridized carbons (Fsp3) is 0.261. The Balaban J connectivity index is 2.02.